The van der Waals surface area contributed by atoms with Crippen LogP contribution in [0.1, 0.15) is 12.5 Å². The second-order valence-corrected chi connectivity index (χ2v) is 3.38. The third kappa shape index (κ3) is 2.13. The average Bonchev–Trinajstić information content (AvgIpc) is 2.29. The molecule has 0 fully saturated rings. The number of nitrogen functional groups attached to an aromatic ring is 1. The van der Waals surface area contributed by atoms with Crippen molar-refractivity contribution >= 4 is 5.82 Å². The van der Waals surface area contributed by atoms with Gasteiger partial charge in [0.2, 0.25) is 0 Å². The summed E-state index contributed by atoms with van der Waals surface area (Å²) >= 11 is 0. The van der Waals surface area contributed by atoms with Gasteiger partial charge < -0.3 is 5.73 Å². The molecule has 3 heteroatoms. The van der Waals surface area contributed by atoms with Crippen molar-refractivity contribution in [1.82, 2.24) is 9.97 Å². The fourth-order valence-electron chi connectivity index (χ4n) is 1.44. The predicted octanol–water partition coefficient (Wildman–Crippen LogP) is 2.29. The van der Waals surface area contributed by atoms with Gasteiger partial charge in [0, 0.05) is 11.6 Å². The van der Waals surface area contributed by atoms with Gasteiger partial charge in [-0.3, -0.25) is 0 Å². The summed E-state index contributed by atoms with van der Waals surface area (Å²) in [6.45, 7) is 2.14. The number of benzene rings is 1. The molecule has 0 amide bonds. The molecular formula is C12H13N3. The van der Waals surface area contributed by atoms with Crippen LogP contribution in [-0.4, -0.2) is 9.97 Å². The molecular weight excluding hydrogens is 186 g/mol. The minimum Gasteiger partial charge on any atom is -0.384 e. The van der Waals surface area contributed by atoms with Gasteiger partial charge in [-0.2, -0.15) is 0 Å². The van der Waals surface area contributed by atoms with E-state index in [0.717, 1.165) is 17.7 Å². The van der Waals surface area contributed by atoms with Crippen molar-refractivity contribution < 1.29 is 0 Å². The molecule has 2 rings (SSSR count). The number of aromatic nitrogens is 2. The van der Waals surface area contributed by atoms with Crippen molar-refractivity contribution in [3.63, 3.8) is 0 Å². The fourth-order valence-corrected chi connectivity index (χ4v) is 1.44. The van der Waals surface area contributed by atoms with E-state index in [1.165, 1.54) is 11.9 Å². The summed E-state index contributed by atoms with van der Waals surface area (Å²) in [5.74, 6) is 0.500. The standard InChI is InChI=1S/C12H13N3/c1-2-9-3-5-10(6-4-9)11-7-12(13)15-8-14-11/h3-8H,2H2,1H3,(H2,13,14,15). The molecule has 0 unspecified atom stereocenters. The van der Waals surface area contributed by atoms with E-state index in [9.17, 15) is 0 Å². The van der Waals surface area contributed by atoms with E-state index in [1.54, 1.807) is 6.07 Å². The van der Waals surface area contributed by atoms with Crippen LogP contribution < -0.4 is 5.73 Å². The zero-order chi connectivity index (χ0) is 10.7. The SMILES string of the molecule is CCc1ccc(-c2cc(N)ncn2)cc1. The summed E-state index contributed by atoms with van der Waals surface area (Å²) in [5, 5.41) is 0. The molecule has 0 saturated carbocycles. The van der Waals surface area contributed by atoms with E-state index < -0.39 is 0 Å². The second kappa shape index (κ2) is 4.09. The number of nitrogens with two attached hydrogens (primary N) is 1. The zero-order valence-electron chi connectivity index (χ0n) is 8.64. The van der Waals surface area contributed by atoms with Gasteiger partial charge in [-0.25, -0.2) is 9.97 Å². The molecule has 1 aromatic heterocycles. The maximum Gasteiger partial charge on any atom is 0.127 e. The Balaban J connectivity index is 2.37. The second-order valence-electron chi connectivity index (χ2n) is 3.38. The molecule has 3 nitrogen and oxygen atoms in total. The molecule has 15 heavy (non-hydrogen) atoms. The number of anilines is 1. The van der Waals surface area contributed by atoms with Crippen LogP contribution in [0.15, 0.2) is 36.7 Å². The van der Waals surface area contributed by atoms with Crippen molar-refractivity contribution in [2.24, 2.45) is 0 Å². The molecule has 2 N–H and O–H groups in total. The Morgan fingerprint density at radius 2 is 1.87 bits per heavy atom. The lowest BCUT2D eigenvalue weighted by molar-refractivity contribution is 1.14. The topological polar surface area (TPSA) is 51.8 Å². The molecule has 0 aliphatic rings. The summed E-state index contributed by atoms with van der Waals surface area (Å²) in [6.07, 6.45) is 2.53. The minimum absolute atomic E-state index is 0.500. The summed E-state index contributed by atoms with van der Waals surface area (Å²) in [5.41, 5.74) is 8.86. The first-order valence-electron chi connectivity index (χ1n) is 4.96. The summed E-state index contributed by atoms with van der Waals surface area (Å²) in [7, 11) is 0. The summed E-state index contributed by atoms with van der Waals surface area (Å²) in [4.78, 5) is 8.04. The van der Waals surface area contributed by atoms with Crippen LogP contribution in [0.4, 0.5) is 5.82 Å². The maximum absolute atomic E-state index is 5.60. The predicted molar refractivity (Wildman–Crippen MR) is 61.3 cm³/mol. The maximum atomic E-state index is 5.60. The number of aryl methyl sites for hydroxylation is 1. The van der Waals surface area contributed by atoms with Crippen LogP contribution in [0.3, 0.4) is 0 Å². The average molecular weight is 199 g/mol. The fraction of sp³-hybridized carbons (Fsp3) is 0.167. The molecule has 0 aliphatic heterocycles. The van der Waals surface area contributed by atoms with Crippen molar-refractivity contribution in [1.29, 1.82) is 0 Å². The van der Waals surface area contributed by atoms with Gasteiger partial charge in [0.05, 0.1) is 5.69 Å². The molecule has 0 spiro atoms. The highest BCUT2D eigenvalue weighted by Gasteiger charge is 1.99. The number of nitrogens with zero attached hydrogens (tertiary/aromatic N) is 2. The largest absolute Gasteiger partial charge is 0.384 e. The van der Waals surface area contributed by atoms with Gasteiger partial charge >= 0.3 is 0 Å². The minimum atomic E-state index is 0.500. The van der Waals surface area contributed by atoms with E-state index >= 15 is 0 Å². The van der Waals surface area contributed by atoms with Gasteiger partial charge in [-0.15, -0.1) is 0 Å². The van der Waals surface area contributed by atoms with Crippen molar-refractivity contribution in [2.75, 3.05) is 5.73 Å². The molecule has 2 aromatic rings. The van der Waals surface area contributed by atoms with E-state index in [0.29, 0.717) is 5.82 Å². The lowest BCUT2D eigenvalue weighted by Gasteiger charge is -2.02. The monoisotopic (exact) mass is 199 g/mol. The van der Waals surface area contributed by atoms with Crippen LogP contribution in [0.25, 0.3) is 11.3 Å². The summed E-state index contributed by atoms with van der Waals surface area (Å²) < 4.78 is 0. The van der Waals surface area contributed by atoms with E-state index in [4.69, 9.17) is 5.73 Å². The van der Waals surface area contributed by atoms with Crippen LogP contribution >= 0.6 is 0 Å². The van der Waals surface area contributed by atoms with E-state index in [-0.39, 0.29) is 0 Å². The van der Waals surface area contributed by atoms with Crippen LogP contribution in [0.2, 0.25) is 0 Å². The van der Waals surface area contributed by atoms with Crippen molar-refractivity contribution in [3.05, 3.63) is 42.2 Å². The normalized spacial score (nSPS) is 10.2. The highest BCUT2D eigenvalue weighted by molar-refractivity contribution is 5.61. The Morgan fingerprint density at radius 1 is 1.13 bits per heavy atom. The molecule has 0 atom stereocenters. The van der Waals surface area contributed by atoms with Crippen LogP contribution in [-0.2, 0) is 6.42 Å². The third-order valence-corrected chi connectivity index (χ3v) is 2.35. The Morgan fingerprint density at radius 3 is 2.47 bits per heavy atom. The highest BCUT2D eigenvalue weighted by atomic mass is 14.9. The van der Waals surface area contributed by atoms with Gasteiger partial charge in [-0.05, 0) is 12.0 Å². The van der Waals surface area contributed by atoms with Crippen molar-refractivity contribution in [2.45, 2.75) is 13.3 Å². The number of hydrogen-bond acceptors (Lipinski definition) is 3. The smallest absolute Gasteiger partial charge is 0.127 e. The van der Waals surface area contributed by atoms with Gasteiger partial charge in [0.15, 0.2) is 0 Å². The van der Waals surface area contributed by atoms with Crippen LogP contribution in [0, 0.1) is 0 Å². The Kier molecular flexibility index (Phi) is 2.63. The number of rotatable bonds is 2. The molecule has 76 valence electrons. The molecule has 0 radical (unpaired) electrons. The van der Waals surface area contributed by atoms with Gasteiger partial charge in [0.1, 0.15) is 12.1 Å². The first kappa shape index (κ1) is 9.65. The third-order valence-electron chi connectivity index (χ3n) is 2.35. The summed E-state index contributed by atoms with van der Waals surface area (Å²) in [6, 6.07) is 10.1. The Labute approximate surface area is 89.0 Å². The lowest BCUT2D eigenvalue weighted by atomic mass is 10.1. The Hall–Kier alpha value is -1.90. The van der Waals surface area contributed by atoms with Crippen LogP contribution in [0.5, 0.6) is 0 Å². The molecule has 0 aliphatic carbocycles. The molecule has 0 saturated heterocycles. The number of hydrogen-bond donors (Lipinski definition) is 1. The van der Waals surface area contributed by atoms with Crippen molar-refractivity contribution in [3.8, 4) is 11.3 Å². The first-order chi connectivity index (χ1) is 7.29. The first-order valence-corrected chi connectivity index (χ1v) is 4.96. The van der Waals surface area contributed by atoms with E-state index in [1.807, 2.05) is 0 Å². The van der Waals surface area contributed by atoms with Gasteiger partial charge in [-0.1, -0.05) is 31.2 Å². The molecule has 1 heterocycles. The lowest BCUT2D eigenvalue weighted by Crippen LogP contribution is -1.92. The molecule has 1 aromatic carbocycles. The van der Waals surface area contributed by atoms with Gasteiger partial charge in [0.25, 0.3) is 0 Å². The van der Waals surface area contributed by atoms with E-state index in [2.05, 4.69) is 41.2 Å². The quantitative estimate of drug-likeness (QED) is 0.807. The Bertz CT molecular complexity index is 449. The zero-order valence-corrected chi connectivity index (χ0v) is 8.64. The highest BCUT2D eigenvalue weighted by Crippen LogP contribution is 2.18. The molecule has 0 bridgehead atoms.